The average molecular weight is 619 g/mol. The number of halogens is 3. The van der Waals surface area contributed by atoms with Crippen LogP contribution >= 0.6 is 11.3 Å². The number of rotatable bonds is 8. The molecule has 4 rings (SSSR count). The van der Waals surface area contributed by atoms with Gasteiger partial charge in [0.25, 0.3) is 0 Å². The molecule has 1 unspecified atom stereocenters. The highest BCUT2D eigenvalue weighted by Crippen LogP contribution is 2.43. The number of esters is 1. The number of likely N-dealkylation sites (N-methyl/N-ethyl adjacent to an activating group) is 1. The molecule has 0 radical (unpaired) electrons. The Morgan fingerprint density at radius 2 is 1.74 bits per heavy atom. The summed E-state index contributed by atoms with van der Waals surface area (Å²) in [5.74, 6) is -0.680. The highest BCUT2D eigenvalue weighted by atomic mass is 32.1. The van der Waals surface area contributed by atoms with E-state index in [-0.39, 0.29) is 24.5 Å². The Kier molecular flexibility index (Phi) is 9.38. The van der Waals surface area contributed by atoms with E-state index >= 15 is 0 Å². The third kappa shape index (κ3) is 7.67. The summed E-state index contributed by atoms with van der Waals surface area (Å²) in [7, 11) is 2.55. The van der Waals surface area contributed by atoms with Gasteiger partial charge in [-0.05, 0) is 62.6 Å². The largest absolute Gasteiger partial charge is 0.488 e. The maximum Gasteiger partial charge on any atom is 0.426 e. The van der Waals surface area contributed by atoms with Crippen molar-refractivity contribution in [3.8, 4) is 16.9 Å². The van der Waals surface area contributed by atoms with Crippen molar-refractivity contribution in [1.82, 2.24) is 4.90 Å². The number of benzene rings is 2. The number of ether oxygens (including phenoxy) is 3. The van der Waals surface area contributed by atoms with Crippen LogP contribution in [-0.4, -0.2) is 55.2 Å². The summed E-state index contributed by atoms with van der Waals surface area (Å²) in [5.41, 5.74) is 1.24. The van der Waals surface area contributed by atoms with Crippen molar-refractivity contribution in [3.05, 3.63) is 69.9 Å². The number of carbonyl (C=O) groups is 3. The van der Waals surface area contributed by atoms with Gasteiger partial charge < -0.3 is 19.1 Å². The van der Waals surface area contributed by atoms with E-state index in [0.717, 1.165) is 10.5 Å². The van der Waals surface area contributed by atoms with Crippen molar-refractivity contribution in [3.63, 3.8) is 0 Å². The first kappa shape index (κ1) is 31.9. The molecule has 43 heavy (non-hydrogen) atoms. The lowest BCUT2D eigenvalue weighted by atomic mass is 10.1. The van der Waals surface area contributed by atoms with E-state index in [1.807, 2.05) is 0 Å². The summed E-state index contributed by atoms with van der Waals surface area (Å²) >= 11 is 0.650. The van der Waals surface area contributed by atoms with E-state index in [1.165, 1.54) is 25.1 Å². The van der Waals surface area contributed by atoms with E-state index in [0.29, 0.717) is 46.2 Å². The number of fused-ring (bicyclic) bond motifs is 1. The zero-order chi connectivity index (χ0) is 31.5. The fourth-order valence-electron chi connectivity index (χ4n) is 4.69. The van der Waals surface area contributed by atoms with Crippen LogP contribution < -0.4 is 9.64 Å². The third-order valence-electron chi connectivity index (χ3n) is 6.74. The van der Waals surface area contributed by atoms with E-state index in [4.69, 9.17) is 14.2 Å². The van der Waals surface area contributed by atoms with Gasteiger partial charge in [0, 0.05) is 29.7 Å². The molecular formula is C31H33F3N2O6S. The smallest absolute Gasteiger partial charge is 0.426 e. The van der Waals surface area contributed by atoms with Crippen molar-refractivity contribution < 1.29 is 41.8 Å². The Hall–Kier alpha value is -4.06. The van der Waals surface area contributed by atoms with Crippen molar-refractivity contribution in [2.75, 3.05) is 25.6 Å². The van der Waals surface area contributed by atoms with Crippen LogP contribution in [0.15, 0.2) is 54.6 Å². The minimum absolute atomic E-state index is 0.0557. The molecule has 230 valence electrons. The first-order valence-corrected chi connectivity index (χ1v) is 14.3. The van der Waals surface area contributed by atoms with Crippen LogP contribution in [0.1, 0.15) is 42.5 Å². The molecule has 8 nitrogen and oxygen atoms in total. The molecule has 0 saturated carbocycles. The molecule has 0 spiro atoms. The predicted molar refractivity (Wildman–Crippen MR) is 156 cm³/mol. The molecule has 1 aliphatic rings. The van der Waals surface area contributed by atoms with Crippen LogP contribution in [0.5, 0.6) is 5.75 Å². The molecule has 2 amide bonds. The fourth-order valence-corrected chi connectivity index (χ4v) is 5.65. The minimum atomic E-state index is -4.49. The Morgan fingerprint density at radius 1 is 1.05 bits per heavy atom. The summed E-state index contributed by atoms with van der Waals surface area (Å²) in [6.45, 7) is 5.37. The second-order valence-corrected chi connectivity index (χ2v) is 12.2. The van der Waals surface area contributed by atoms with Gasteiger partial charge >= 0.3 is 18.2 Å². The van der Waals surface area contributed by atoms with Gasteiger partial charge in [0.2, 0.25) is 5.91 Å². The van der Waals surface area contributed by atoms with Gasteiger partial charge in [-0.2, -0.15) is 13.2 Å². The molecule has 0 fully saturated rings. The van der Waals surface area contributed by atoms with Gasteiger partial charge in [-0.3, -0.25) is 9.69 Å². The molecule has 2 heterocycles. The summed E-state index contributed by atoms with van der Waals surface area (Å²) < 4.78 is 57.3. The van der Waals surface area contributed by atoms with Gasteiger partial charge in [-0.1, -0.05) is 30.3 Å². The Bertz CT molecular complexity index is 1480. The second kappa shape index (κ2) is 12.7. The molecule has 0 aliphatic carbocycles. The standard InChI is InChI=1S/C31H33F3N2O6S/c1-30(2,3)42-29(39)35(4)25(28(38)40-5)17-26(37)36-14-13-20-15-21(11-12-24(20)36)41-18-22-16-23(19-9-7-6-8-10-19)27(43-22)31(32,33)34/h6-12,15-16,25H,13-14,17-18H2,1-5H3. The molecule has 2 aromatic carbocycles. The monoisotopic (exact) mass is 618 g/mol. The van der Waals surface area contributed by atoms with Crippen LogP contribution in [0.2, 0.25) is 0 Å². The van der Waals surface area contributed by atoms with Gasteiger partial charge in [-0.15, -0.1) is 11.3 Å². The summed E-state index contributed by atoms with van der Waals surface area (Å²) in [6, 6.07) is 13.8. The van der Waals surface area contributed by atoms with Crippen molar-refractivity contribution in [2.24, 2.45) is 0 Å². The van der Waals surface area contributed by atoms with Crippen LogP contribution in [-0.2, 0) is 38.3 Å². The van der Waals surface area contributed by atoms with E-state index in [2.05, 4.69) is 0 Å². The zero-order valence-corrected chi connectivity index (χ0v) is 25.3. The Labute approximate surface area is 251 Å². The van der Waals surface area contributed by atoms with Crippen molar-refractivity contribution in [1.29, 1.82) is 0 Å². The third-order valence-corrected chi connectivity index (χ3v) is 7.90. The minimum Gasteiger partial charge on any atom is -0.488 e. The lowest BCUT2D eigenvalue weighted by Gasteiger charge is -2.30. The van der Waals surface area contributed by atoms with Crippen LogP contribution in [0.3, 0.4) is 0 Å². The lowest BCUT2D eigenvalue weighted by Crippen LogP contribution is -2.48. The summed E-state index contributed by atoms with van der Waals surface area (Å²) in [6.07, 6.45) is -5.06. The predicted octanol–water partition coefficient (Wildman–Crippen LogP) is 6.70. The van der Waals surface area contributed by atoms with E-state index in [1.54, 1.807) is 69.3 Å². The van der Waals surface area contributed by atoms with Gasteiger partial charge in [0.05, 0.1) is 13.5 Å². The van der Waals surface area contributed by atoms with Crippen LogP contribution in [0, 0.1) is 0 Å². The molecule has 1 atom stereocenters. The number of methoxy groups -OCH3 is 1. The first-order valence-electron chi connectivity index (χ1n) is 13.5. The Balaban J connectivity index is 1.45. The molecule has 3 aromatic rings. The fraction of sp³-hybridized carbons (Fsp3) is 0.387. The lowest BCUT2D eigenvalue weighted by molar-refractivity contribution is -0.148. The molecular weight excluding hydrogens is 585 g/mol. The van der Waals surface area contributed by atoms with Gasteiger partial charge in [-0.25, -0.2) is 9.59 Å². The van der Waals surface area contributed by atoms with Crippen molar-refractivity contribution >= 4 is 35.0 Å². The summed E-state index contributed by atoms with van der Waals surface area (Å²) in [5, 5.41) is 0. The first-order chi connectivity index (χ1) is 20.2. The van der Waals surface area contributed by atoms with E-state index in [9.17, 15) is 27.6 Å². The number of amides is 2. The van der Waals surface area contributed by atoms with Gasteiger partial charge in [0.15, 0.2) is 0 Å². The molecule has 0 N–H and O–H groups in total. The highest BCUT2D eigenvalue weighted by Gasteiger charge is 2.37. The zero-order valence-electron chi connectivity index (χ0n) is 24.5. The number of hydrogen-bond donors (Lipinski definition) is 0. The average Bonchev–Trinajstić information content (AvgIpc) is 3.58. The topological polar surface area (TPSA) is 85.4 Å². The normalized spacial score (nSPS) is 13.7. The number of thiophene rings is 1. The quantitative estimate of drug-likeness (QED) is 0.261. The molecule has 1 aliphatic heterocycles. The highest BCUT2D eigenvalue weighted by molar-refractivity contribution is 7.12. The molecule has 1 aromatic heterocycles. The molecule has 12 heteroatoms. The summed E-state index contributed by atoms with van der Waals surface area (Å²) in [4.78, 5) is 40.7. The molecule has 0 saturated heterocycles. The van der Waals surface area contributed by atoms with Crippen LogP contribution in [0.4, 0.5) is 23.7 Å². The van der Waals surface area contributed by atoms with Crippen molar-refractivity contribution in [2.45, 2.75) is 58.0 Å². The Morgan fingerprint density at radius 3 is 2.37 bits per heavy atom. The SMILES string of the molecule is COC(=O)C(CC(=O)N1CCc2cc(OCc3cc(-c4ccccc4)c(C(F)(F)F)s3)ccc21)N(C)C(=O)OC(C)(C)C. The number of carbonyl (C=O) groups excluding carboxylic acids is 3. The molecule has 0 bridgehead atoms. The number of anilines is 1. The van der Waals surface area contributed by atoms with Gasteiger partial charge in [0.1, 0.15) is 28.9 Å². The maximum atomic E-state index is 13.7. The second-order valence-electron chi connectivity index (χ2n) is 11.0. The van der Waals surface area contributed by atoms with Crippen LogP contribution in [0.25, 0.3) is 11.1 Å². The maximum absolute atomic E-state index is 13.7. The number of nitrogens with zero attached hydrogens (tertiary/aromatic N) is 2. The number of alkyl halides is 3. The number of hydrogen-bond acceptors (Lipinski definition) is 7. The van der Waals surface area contributed by atoms with E-state index < -0.39 is 34.8 Å².